The summed E-state index contributed by atoms with van der Waals surface area (Å²) in [6.45, 7) is 5.26. The minimum absolute atomic E-state index is 0.0778. The van der Waals surface area contributed by atoms with E-state index in [1.54, 1.807) is 0 Å². The molecule has 16 heavy (non-hydrogen) atoms. The van der Waals surface area contributed by atoms with Crippen molar-refractivity contribution < 1.29 is 13.6 Å². The highest BCUT2D eigenvalue weighted by Gasteiger charge is 2.23. The van der Waals surface area contributed by atoms with Gasteiger partial charge in [0.2, 0.25) is 0 Å². The van der Waals surface area contributed by atoms with Crippen LogP contribution in [0.25, 0.3) is 0 Å². The van der Waals surface area contributed by atoms with Crippen LogP contribution in [0.15, 0.2) is 0 Å². The molecule has 0 aliphatic heterocycles. The molecule has 0 rings (SSSR count). The first-order valence-corrected chi connectivity index (χ1v) is 8.08. The van der Waals surface area contributed by atoms with E-state index in [0.717, 1.165) is 25.8 Å². The Morgan fingerprint density at radius 2 is 2.00 bits per heavy atom. The summed E-state index contributed by atoms with van der Waals surface area (Å²) in [6, 6.07) is 0.0778. The summed E-state index contributed by atoms with van der Waals surface area (Å²) in [5.41, 5.74) is 0. The largest absolute Gasteiger partial charge is 0.405 e. The quantitative estimate of drug-likeness (QED) is 0.270. The van der Waals surface area contributed by atoms with Gasteiger partial charge in [-0.25, -0.2) is 9.65 Å². The number of unbranched alkanes of at least 4 members (excludes halogenated alkanes) is 2. The minimum atomic E-state index is -3.08. The van der Waals surface area contributed by atoms with Crippen LogP contribution >= 0.6 is 30.6 Å². The second-order valence-corrected chi connectivity index (χ2v) is 6.38. The van der Waals surface area contributed by atoms with E-state index in [0.29, 0.717) is 6.61 Å². The maximum absolute atomic E-state index is 11.9. The lowest BCUT2D eigenvalue weighted by Gasteiger charge is -2.19. The Kier molecular flexibility index (Phi) is 10.3. The zero-order valence-corrected chi connectivity index (χ0v) is 13.2. The van der Waals surface area contributed by atoms with Gasteiger partial charge >= 0.3 is 7.75 Å². The third-order valence-corrected chi connectivity index (χ3v) is 4.21. The van der Waals surface area contributed by atoms with Crippen molar-refractivity contribution in [2.75, 3.05) is 20.3 Å². The van der Waals surface area contributed by atoms with Crippen LogP contribution in [-0.4, -0.2) is 26.3 Å². The normalized spacial score (nSPS) is 15.3. The molecule has 0 aromatic rings. The van der Waals surface area contributed by atoms with Gasteiger partial charge in [-0.15, -0.1) is 0 Å². The van der Waals surface area contributed by atoms with Crippen molar-refractivity contribution in [3.63, 3.8) is 0 Å². The van der Waals surface area contributed by atoms with E-state index in [4.69, 9.17) is 9.05 Å². The molecule has 0 aromatic carbocycles. The van der Waals surface area contributed by atoms with Crippen molar-refractivity contribution >= 4 is 30.6 Å². The zero-order chi connectivity index (χ0) is 12.4. The average Bonchev–Trinajstić information content (AvgIpc) is 2.22. The van der Waals surface area contributed by atoms with E-state index in [-0.39, 0.29) is 6.04 Å². The maximum atomic E-state index is 11.9. The van der Waals surface area contributed by atoms with Gasteiger partial charge in [-0.1, -0.05) is 0 Å². The number of hydrogen-bond donors (Lipinski definition) is 2. The molecule has 7 heteroatoms. The second-order valence-electron chi connectivity index (χ2n) is 3.74. The third-order valence-electron chi connectivity index (χ3n) is 1.83. The van der Waals surface area contributed by atoms with Gasteiger partial charge in [0.05, 0.1) is 6.61 Å². The van der Waals surface area contributed by atoms with Crippen LogP contribution in [0.5, 0.6) is 0 Å². The molecule has 0 heterocycles. The maximum Gasteiger partial charge on any atom is 0.405 e. The van der Waals surface area contributed by atoms with E-state index < -0.39 is 7.75 Å². The molecule has 0 spiro atoms. The van der Waals surface area contributed by atoms with Gasteiger partial charge in [-0.2, -0.15) is 0 Å². The number of halogens is 1. The molecule has 98 valence electrons. The molecule has 0 bridgehead atoms. The van der Waals surface area contributed by atoms with Gasteiger partial charge in [0.15, 0.2) is 0 Å². The van der Waals surface area contributed by atoms with Crippen LogP contribution in [0.2, 0.25) is 0 Å². The van der Waals surface area contributed by atoms with E-state index in [9.17, 15) is 4.57 Å². The lowest BCUT2D eigenvalue weighted by Crippen LogP contribution is -2.21. The summed E-state index contributed by atoms with van der Waals surface area (Å²) in [7, 11) is -1.68. The summed E-state index contributed by atoms with van der Waals surface area (Å²) in [5, 5.41) is 2.81. The van der Waals surface area contributed by atoms with Crippen LogP contribution in [0.3, 0.4) is 0 Å². The summed E-state index contributed by atoms with van der Waals surface area (Å²) in [4.78, 5) is 0. The van der Waals surface area contributed by atoms with Crippen LogP contribution in [0, 0.1) is 0 Å². The Hall–Kier alpha value is 0.800. The lowest BCUT2D eigenvalue weighted by molar-refractivity contribution is 0.217. The molecule has 2 N–H and O–H groups in total. The Morgan fingerprint density at radius 3 is 2.50 bits per heavy atom. The highest BCUT2D eigenvalue weighted by molar-refractivity contribution is 14.1. The standard InChI is InChI=1S/C9H22IN2O3P/c1-9(2)12-16(13,14-3)15-8-6-4-5-7-11-10/h9,11H,4-8H2,1-3H3,(H,12,13). The van der Waals surface area contributed by atoms with Crippen molar-refractivity contribution in [1.29, 1.82) is 0 Å². The molecule has 5 nitrogen and oxygen atoms in total. The minimum Gasteiger partial charge on any atom is -0.300 e. The summed E-state index contributed by atoms with van der Waals surface area (Å²) in [5.74, 6) is 0. The number of hydrogen-bond acceptors (Lipinski definition) is 4. The topological polar surface area (TPSA) is 59.6 Å². The monoisotopic (exact) mass is 364 g/mol. The zero-order valence-electron chi connectivity index (χ0n) is 10.2. The van der Waals surface area contributed by atoms with Crippen molar-refractivity contribution in [3.8, 4) is 0 Å². The summed E-state index contributed by atoms with van der Waals surface area (Å²) >= 11 is 2.12. The highest BCUT2D eigenvalue weighted by atomic mass is 127. The van der Waals surface area contributed by atoms with Crippen LogP contribution in [0.4, 0.5) is 0 Å². The van der Waals surface area contributed by atoms with E-state index in [2.05, 4.69) is 31.5 Å². The fraction of sp³-hybridized carbons (Fsp3) is 1.00. The fourth-order valence-corrected chi connectivity index (χ4v) is 2.78. The molecule has 0 amide bonds. The average molecular weight is 364 g/mol. The van der Waals surface area contributed by atoms with Gasteiger partial charge in [-0.05, 0) is 33.1 Å². The molecule has 0 aliphatic carbocycles. The van der Waals surface area contributed by atoms with Gasteiger partial charge in [0.1, 0.15) is 0 Å². The third kappa shape index (κ3) is 8.90. The predicted molar refractivity (Wildman–Crippen MR) is 74.7 cm³/mol. The lowest BCUT2D eigenvalue weighted by atomic mass is 10.2. The highest BCUT2D eigenvalue weighted by Crippen LogP contribution is 2.43. The molecule has 0 radical (unpaired) electrons. The number of rotatable bonds is 10. The van der Waals surface area contributed by atoms with Gasteiger partial charge in [0, 0.05) is 42.6 Å². The van der Waals surface area contributed by atoms with Crippen molar-refractivity contribution in [2.24, 2.45) is 0 Å². The first kappa shape index (κ1) is 16.8. The van der Waals surface area contributed by atoms with Crippen molar-refractivity contribution in [1.82, 2.24) is 8.62 Å². The Morgan fingerprint density at radius 1 is 1.31 bits per heavy atom. The molecule has 1 atom stereocenters. The summed E-state index contributed by atoms with van der Waals surface area (Å²) in [6.07, 6.45) is 3.05. The molecule has 0 aliphatic rings. The summed E-state index contributed by atoms with van der Waals surface area (Å²) < 4.78 is 25.1. The predicted octanol–water partition coefficient (Wildman–Crippen LogP) is 2.87. The first-order valence-electron chi connectivity index (χ1n) is 5.45. The molecule has 1 unspecified atom stereocenters. The molecule has 0 saturated heterocycles. The Balaban J connectivity index is 3.66. The SMILES string of the molecule is COP(=O)(NC(C)C)OCCCCCNI. The van der Waals surface area contributed by atoms with E-state index >= 15 is 0 Å². The van der Waals surface area contributed by atoms with Crippen molar-refractivity contribution in [3.05, 3.63) is 0 Å². The molecule has 0 saturated carbocycles. The molecular weight excluding hydrogens is 342 g/mol. The smallest absolute Gasteiger partial charge is 0.300 e. The van der Waals surface area contributed by atoms with Crippen LogP contribution in [0.1, 0.15) is 33.1 Å². The molecular formula is C9H22IN2O3P. The second kappa shape index (κ2) is 9.79. The Labute approximate surface area is 112 Å². The number of nitrogens with one attached hydrogen (secondary N) is 2. The van der Waals surface area contributed by atoms with Gasteiger partial charge < -0.3 is 4.52 Å². The van der Waals surface area contributed by atoms with Crippen LogP contribution < -0.4 is 8.62 Å². The Bertz CT molecular complexity index is 217. The van der Waals surface area contributed by atoms with E-state index in [1.807, 2.05) is 13.8 Å². The van der Waals surface area contributed by atoms with Crippen LogP contribution in [-0.2, 0) is 13.6 Å². The van der Waals surface area contributed by atoms with Crippen molar-refractivity contribution in [2.45, 2.75) is 39.2 Å². The van der Waals surface area contributed by atoms with Gasteiger partial charge in [-0.3, -0.25) is 8.05 Å². The van der Waals surface area contributed by atoms with E-state index in [1.165, 1.54) is 7.11 Å². The molecule has 0 fully saturated rings. The molecule has 0 aromatic heterocycles. The van der Waals surface area contributed by atoms with Gasteiger partial charge in [0.25, 0.3) is 0 Å². The fourth-order valence-electron chi connectivity index (χ4n) is 1.11. The first-order chi connectivity index (χ1) is 7.54.